The molecule has 0 saturated carbocycles. The van der Waals surface area contributed by atoms with Gasteiger partial charge in [-0.2, -0.15) is 11.8 Å². The largest absolute Gasteiger partial charge is 0.444 e. The molecule has 0 aromatic rings. The first-order chi connectivity index (χ1) is 7.74. The second-order valence-corrected chi connectivity index (χ2v) is 6.51. The van der Waals surface area contributed by atoms with Crippen molar-refractivity contribution in [2.24, 2.45) is 0 Å². The third-order valence-electron chi connectivity index (χ3n) is 2.11. The number of hydrogen-bond donors (Lipinski definition) is 2. The van der Waals surface area contributed by atoms with Crippen LogP contribution in [0.3, 0.4) is 0 Å². The molecular formula is C12H26N2O2S. The van der Waals surface area contributed by atoms with Gasteiger partial charge in [0.2, 0.25) is 0 Å². The Morgan fingerprint density at radius 2 is 1.88 bits per heavy atom. The summed E-state index contributed by atoms with van der Waals surface area (Å²) in [5.74, 6) is 0. The molecule has 0 aliphatic rings. The molecule has 102 valence electrons. The van der Waals surface area contributed by atoms with Gasteiger partial charge >= 0.3 is 6.09 Å². The molecule has 0 rings (SSSR count). The number of alkyl carbamates (subject to hydrolysis) is 1. The van der Waals surface area contributed by atoms with E-state index in [0.717, 1.165) is 6.54 Å². The molecule has 2 atom stereocenters. The van der Waals surface area contributed by atoms with Gasteiger partial charge in [0.05, 0.1) is 0 Å². The fraction of sp³-hybridized carbons (Fsp3) is 0.917. The summed E-state index contributed by atoms with van der Waals surface area (Å²) in [7, 11) is 0. The zero-order chi connectivity index (χ0) is 13.5. The molecule has 0 saturated heterocycles. The van der Waals surface area contributed by atoms with Crippen molar-refractivity contribution in [1.29, 1.82) is 0 Å². The van der Waals surface area contributed by atoms with Crippen molar-refractivity contribution in [3.05, 3.63) is 0 Å². The van der Waals surface area contributed by atoms with E-state index in [1.807, 2.05) is 39.5 Å². The maximum absolute atomic E-state index is 11.4. The van der Waals surface area contributed by atoms with Crippen LogP contribution in [0.1, 0.15) is 34.6 Å². The monoisotopic (exact) mass is 262 g/mol. The standard InChI is InChI=1S/C12H26N2O2S/c1-9(13-8-10(2)17-6)7-14-11(15)16-12(3,4)5/h9-10,13H,7-8H2,1-6H3,(H,14,15). The van der Waals surface area contributed by atoms with Gasteiger partial charge in [0.25, 0.3) is 0 Å². The summed E-state index contributed by atoms with van der Waals surface area (Å²) < 4.78 is 5.15. The molecule has 0 aliphatic heterocycles. The average Bonchev–Trinajstić information content (AvgIpc) is 2.20. The predicted octanol–water partition coefficient (Wildman–Crippen LogP) is 2.24. The minimum Gasteiger partial charge on any atom is -0.444 e. The first kappa shape index (κ1) is 16.6. The van der Waals surface area contributed by atoms with Gasteiger partial charge in [-0.3, -0.25) is 0 Å². The Balaban J connectivity index is 3.69. The average molecular weight is 262 g/mol. The summed E-state index contributed by atoms with van der Waals surface area (Å²) in [6.07, 6.45) is 1.74. The number of hydrogen-bond acceptors (Lipinski definition) is 4. The number of thioether (sulfide) groups is 1. The number of carbonyl (C=O) groups excluding carboxylic acids is 1. The van der Waals surface area contributed by atoms with Crippen molar-refractivity contribution in [2.75, 3.05) is 19.3 Å². The van der Waals surface area contributed by atoms with Crippen molar-refractivity contribution in [2.45, 2.75) is 51.5 Å². The molecule has 2 N–H and O–H groups in total. The van der Waals surface area contributed by atoms with Crippen LogP contribution in [-0.2, 0) is 4.74 Å². The fourth-order valence-corrected chi connectivity index (χ4v) is 1.34. The molecule has 0 radical (unpaired) electrons. The third-order valence-corrected chi connectivity index (χ3v) is 3.08. The third kappa shape index (κ3) is 10.5. The van der Waals surface area contributed by atoms with Gasteiger partial charge in [0, 0.05) is 24.4 Å². The van der Waals surface area contributed by atoms with Crippen LogP contribution in [0.4, 0.5) is 4.79 Å². The Hall–Kier alpha value is -0.420. The van der Waals surface area contributed by atoms with E-state index in [1.54, 1.807) is 0 Å². The number of nitrogens with one attached hydrogen (secondary N) is 2. The van der Waals surface area contributed by atoms with E-state index >= 15 is 0 Å². The van der Waals surface area contributed by atoms with Gasteiger partial charge in [-0.1, -0.05) is 6.92 Å². The van der Waals surface area contributed by atoms with Crippen LogP contribution in [-0.4, -0.2) is 42.3 Å². The maximum Gasteiger partial charge on any atom is 0.407 e. The topological polar surface area (TPSA) is 50.4 Å². The second-order valence-electron chi connectivity index (χ2n) is 5.24. The Kier molecular flexibility index (Phi) is 7.63. The maximum atomic E-state index is 11.4. The minimum atomic E-state index is -0.436. The van der Waals surface area contributed by atoms with Gasteiger partial charge in [0.15, 0.2) is 0 Å². The fourth-order valence-electron chi connectivity index (χ4n) is 1.07. The van der Waals surface area contributed by atoms with E-state index in [2.05, 4.69) is 23.8 Å². The highest BCUT2D eigenvalue weighted by Crippen LogP contribution is 2.06. The highest BCUT2D eigenvalue weighted by Gasteiger charge is 2.16. The summed E-state index contributed by atoms with van der Waals surface area (Å²) in [6, 6.07) is 0.247. The molecular weight excluding hydrogens is 236 g/mol. The Morgan fingerprint density at radius 3 is 2.35 bits per heavy atom. The molecule has 17 heavy (non-hydrogen) atoms. The first-order valence-corrected chi connectivity index (χ1v) is 7.26. The van der Waals surface area contributed by atoms with Crippen molar-refractivity contribution in [3.8, 4) is 0 Å². The second kappa shape index (κ2) is 7.82. The van der Waals surface area contributed by atoms with Crippen LogP contribution in [0, 0.1) is 0 Å². The molecule has 0 aliphatic carbocycles. The SMILES string of the molecule is CSC(C)CNC(C)CNC(=O)OC(C)(C)C. The van der Waals surface area contributed by atoms with Crippen molar-refractivity contribution in [3.63, 3.8) is 0 Å². The van der Waals surface area contributed by atoms with Crippen LogP contribution in [0.15, 0.2) is 0 Å². The van der Waals surface area contributed by atoms with E-state index in [4.69, 9.17) is 4.74 Å². The van der Waals surface area contributed by atoms with Crippen LogP contribution >= 0.6 is 11.8 Å². The minimum absolute atomic E-state index is 0.247. The summed E-state index contributed by atoms with van der Waals surface area (Å²) in [5, 5.41) is 6.69. The van der Waals surface area contributed by atoms with Gasteiger partial charge in [-0.15, -0.1) is 0 Å². The van der Waals surface area contributed by atoms with E-state index in [-0.39, 0.29) is 12.1 Å². The van der Waals surface area contributed by atoms with Crippen LogP contribution in [0.5, 0.6) is 0 Å². The molecule has 1 amide bonds. The summed E-state index contributed by atoms with van der Waals surface area (Å²) in [6.45, 7) is 11.3. The number of rotatable bonds is 6. The summed E-state index contributed by atoms with van der Waals surface area (Å²) in [4.78, 5) is 11.4. The van der Waals surface area contributed by atoms with E-state index < -0.39 is 5.60 Å². The highest BCUT2D eigenvalue weighted by atomic mass is 32.2. The molecule has 4 nitrogen and oxygen atoms in total. The van der Waals surface area contributed by atoms with Crippen LogP contribution < -0.4 is 10.6 Å². The van der Waals surface area contributed by atoms with Gasteiger partial charge in [-0.05, 0) is 34.0 Å². The van der Waals surface area contributed by atoms with E-state index in [0.29, 0.717) is 11.8 Å². The first-order valence-electron chi connectivity index (χ1n) is 5.97. The molecule has 0 fully saturated rings. The van der Waals surface area contributed by atoms with E-state index in [1.165, 1.54) is 0 Å². The quantitative estimate of drug-likeness (QED) is 0.771. The molecule has 0 heterocycles. The van der Waals surface area contributed by atoms with E-state index in [9.17, 15) is 4.79 Å². The zero-order valence-corrected chi connectivity index (χ0v) is 12.6. The van der Waals surface area contributed by atoms with Crippen molar-refractivity contribution >= 4 is 17.9 Å². The molecule has 0 aromatic carbocycles. The number of carbonyl (C=O) groups is 1. The lowest BCUT2D eigenvalue weighted by Gasteiger charge is -2.21. The van der Waals surface area contributed by atoms with Crippen LogP contribution in [0.25, 0.3) is 0 Å². The summed E-state index contributed by atoms with van der Waals surface area (Å²) >= 11 is 1.82. The van der Waals surface area contributed by atoms with Gasteiger partial charge in [0.1, 0.15) is 5.60 Å². The highest BCUT2D eigenvalue weighted by molar-refractivity contribution is 7.99. The van der Waals surface area contributed by atoms with Gasteiger partial charge in [-0.25, -0.2) is 4.79 Å². The van der Waals surface area contributed by atoms with Crippen molar-refractivity contribution < 1.29 is 9.53 Å². The molecule has 0 bridgehead atoms. The molecule has 0 spiro atoms. The Morgan fingerprint density at radius 1 is 1.29 bits per heavy atom. The lowest BCUT2D eigenvalue weighted by Crippen LogP contribution is -2.42. The smallest absolute Gasteiger partial charge is 0.407 e. The summed E-state index contributed by atoms with van der Waals surface area (Å²) in [5.41, 5.74) is -0.436. The molecule has 2 unspecified atom stereocenters. The number of ether oxygens (including phenoxy) is 1. The van der Waals surface area contributed by atoms with Crippen LogP contribution in [0.2, 0.25) is 0 Å². The lowest BCUT2D eigenvalue weighted by atomic mass is 10.2. The predicted molar refractivity (Wildman–Crippen MR) is 74.7 cm³/mol. The van der Waals surface area contributed by atoms with Gasteiger partial charge < -0.3 is 15.4 Å². The lowest BCUT2D eigenvalue weighted by molar-refractivity contribution is 0.0523. The Bertz CT molecular complexity index is 229. The normalized spacial score (nSPS) is 15.2. The molecule has 0 aromatic heterocycles. The van der Waals surface area contributed by atoms with Crippen molar-refractivity contribution in [1.82, 2.24) is 10.6 Å². The zero-order valence-electron chi connectivity index (χ0n) is 11.8. The Labute approximate surface area is 109 Å². The number of amides is 1. The molecule has 5 heteroatoms.